The summed E-state index contributed by atoms with van der Waals surface area (Å²) in [5, 5.41) is 7.87. The van der Waals surface area contributed by atoms with Crippen molar-refractivity contribution < 1.29 is 0 Å². The first-order valence-corrected chi connectivity index (χ1v) is 5.39. The predicted molar refractivity (Wildman–Crippen MR) is 59.6 cm³/mol. The number of nitrogens with zero attached hydrogens (tertiary/aromatic N) is 4. The average Bonchev–Trinajstić information content (AvgIpc) is 2.69. The fourth-order valence-electron chi connectivity index (χ4n) is 2.12. The van der Waals surface area contributed by atoms with E-state index >= 15 is 0 Å². The van der Waals surface area contributed by atoms with E-state index in [0.29, 0.717) is 5.82 Å². The highest BCUT2D eigenvalue weighted by Crippen LogP contribution is 2.23. The minimum atomic E-state index is 0.711. The van der Waals surface area contributed by atoms with Crippen molar-refractivity contribution in [3.8, 4) is 11.5 Å². The van der Waals surface area contributed by atoms with Gasteiger partial charge >= 0.3 is 0 Å². The van der Waals surface area contributed by atoms with Crippen LogP contribution in [0.25, 0.3) is 11.5 Å². The summed E-state index contributed by atoms with van der Waals surface area (Å²) >= 11 is 0. The Balaban J connectivity index is 2.15. The largest absolute Gasteiger partial charge is 0.312 e. The molecule has 82 valence electrons. The Morgan fingerprint density at radius 3 is 2.94 bits per heavy atom. The van der Waals surface area contributed by atoms with Crippen LogP contribution < -0.4 is 5.32 Å². The molecule has 1 aliphatic rings. The zero-order valence-corrected chi connectivity index (χ0v) is 9.14. The van der Waals surface area contributed by atoms with E-state index in [-0.39, 0.29) is 0 Å². The van der Waals surface area contributed by atoms with Crippen molar-refractivity contribution in [3.63, 3.8) is 0 Å². The first kappa shape index (κ1) is 9.47. The highest BCUT2D eigenvalue weighted by Gasteiger charge is 2.21. The minimum absolute atomic E-state index is 0.711. The summed E-state index contributed by atoms with van der Waals surface area (Å²) in [5.74, 6) is 0.711. The number of aryl methyl sites for hydroxylation is 1. The van der Waals surface area contributed by atoms with Crippen LogP contribution in [0.3, 0.4) is 0 Å². The third kappa shape index (κ3) is 1.40. The highest BCUT2D eigenvalue weighted by atomic mass is 15.3. The highest BCUT2D eigenvalue weighted by molar-refractivity contribution is 5.56. The van der Waals surface area contributed by atoms with Gasteiger partial charge in [0, 0.05) is 50.2 Å². The van der Waals surface area contributed by atoms with E-state index in [1.165, 1.54) is 11.3 Å². The Morgan fingerprint density at radius 1 is 1.31 bits per heavy atom. The van der Waals surface area contributed by atoms with Crippen LogP contribution >= 0.6 is 0 Å². The Morgan fingerprint density at radius 2 is 2.12 bits per heavy atom. The lowest BCUT2D eigenvalue weighted by molar-refractivity contribution is 0.604. The maximum absolute atomic E-state index is 4.51. The fourth-order valence-corrected chi connectivity index (χ4v) is 2.12. The van der Waals surface area contributed by atoms with Gasteiger partial charge in [0.2, 0.25) is 0 Å². The van der Waals surface area contributed by atoms with Gasteiger partial charge in [0.1, 0.15) is 5.69 Å². The zero-order valence-electron chi connectivity index (χ0n) is 9.14. The predicted octanol–water partition coefficient (Wildman–Crippen LogP) is 0.523. The standard InChI is InChI=1S/C11H13N5/c1-16-9-3-6-12-7-8(9)10(15-16)11-13-4-2-5-14-11/h2,4-5,12H,3,6-7H2,1H3. The lowest BCUT2D eigenvalue weighted by Crippen LogP contribution is -2.24. The van der Waals surface area contributed by atoms with Crippen LogP contribution in [0.5, 0.6) is 0 Å². The van der Waals surface area contributed by atoms with Crippen LogP contribution in [-0.2, 0) is 20.0 Å². The van der Waals surface area contributed by atoms with Gasteiger partial charge in [-0.15, -0.1) is 0 Å². The van der Waals surface area contributed by atoms with Gasteiger partial charge in [-0.1, -0.05) is 0 Å². The maximum atomic E-state index is 4.51. The molecule has 5 nitrogen and oxygen atoms in total. The second kappa shape index (κ2) is 3.68. The number of nitrogens with one attached hydrogen (secondary N) is 1. The summed E-state index contributed by atoms with van der Waals surface area (Å²) in [6.07, 6.45) is 4.52. The van der Waals surface area contributed by atoms with Gasteiger partial charge in [-0.3, -0.25) is 4.68 Å². The molecule has 3 heterocycles. The molecule has 3 rings (SSSR count). The second-order valence-electron chi connectivity index (χ2n) is 3.90. The van der Waals surface area contributed by atoms with Gasteiger partial charge in [-0.2, -0.15) is 5.10 Å². The quantitative estimate of drug-likeness (QED) is 0.753. The molecule has 0 aliphatic carbocycles. The van der Waals surface area contributed by atoms with Crippen LogP contribution in [0.1, 0.15) is 11.3 Å². The molecule has 0 saturated heterocycles. The molecule has 1 N–H and O–H groups in total. The Bertz CT molecular complexity index is 503. The summed E-state index contributed by atoms with van der Waals surface area (Å²) in [7, 11) is 1.98. The summed E-state index contributed by atoms with van der Waals surface area (Å²) in [6, 6.07) is 1.82. The molecular weight excluding hydrogens is 202 g/mol. The molecule has 5 heteroatoms. The normalized spacial score (nSPS) is 14.8. The van der Waals surface area contributed by atoms with Gasteiger partial charge in [0.25, 0.3) is 0 Å². The van der Waals surface area contributed by atoms with Crippen molar-refractivity contribution in [3.05, 3.63) is 29.7 Å². The van der Waals surface area contributed by atoms with Crippen molar-refractivity contribution in [1.82, 2.24) is 25.1 Å². The van der Waals surface area contributed by atoms with E-state index in [1.54, 1.807) is 12.4 Å². The number of fused-ring (bicyclic) bond motifs is 1. The van der Waals surface area contributed by atoms with E-state index in [4.69, 9.17) is 0 Å². The van der Waals surface area contributed by atoms with Crippen molar-refractivity contribution >= 4 is 0 Å². The maximum Gasteiger partial charge on any atom is 0.180 e. The van der Waals surface area contributed by atoms with Gasteiger partial charge in [-0.25, -0.2) is 9.97 Å². The van der Waals surface area contributed by atoms with Crippen LogP contribution in [-0.4, -0.2) is 26.3 Å². The number of aromatic nitrogens is 4. The van der Waals surface area contributed by atoms with E-state index < -0.39 is 0 Å². The molecule has 2 aromatic heterocycles. The van der Waals surface area contributed by atoms with E-state index in [2.05, 4.69) is 20.4 Å². The van der Waals surface area contributed by atoms with Crippen LogP contribution in [0.2, 0.25) is 0 Å². The van der Waals surface area contributed by atoms with Crippen molar-refractivity contribution in [2.45, 2.75) is 13.0 Å². The first-order chi connectivity index (χ1) is 7.86. The van der Waals surface area contributed by atoms with E-state index in [0.717, 1.165) is 25.2 Å². The van der Waals surface area contributed by atoms with E-state index in [9.17, 15) is 0 Å². The van der Waals surface area contributed by atoms with Gasteiger partial charge in [0.05, 0.1) is 0 Å². The Hall–Kier alpha value is -1.75. The number of rotatable bonds is 1. The smallest absolute Gasteiger partial charge is 0.180 e. The van der Waals surface area contributed by atoms with Crippen molar-refractivity contribution in [2.24, 2.45) is 7.05 Å². The molecule has 1 aliphatic heterocycles. The molecule has 0 aromatic carbocycles. The summed E-state index contributed by atoms with van der Waals surface area (Å²) in [6.45, 7) is 1.87. The topological polar surface area (TPSA) is 55.6 Å². The second-order valence-corrected chi connectivity index (χ2v) is 3.90. The lowest BCUT2D eigenvalue weighted by Gasteiger charge is -2.13. The molecule has 0 amide bonds. The molecule has 0 atom stereocenters. The summed E-state index contributed by atoms with van der Waals surface area (Å²) in [5.41, 5.74) is 3.44. The third-order valence-electron chi connectivity index (χ3n) is 2.89. The van der Waals surface area contributed by atoms with Gasteiger partial charge < -0.3 is 5.32 Å². The molecule has 0 spiro atoms. The van der Waals surface area contributed by atoms with Crippen LogP contribution in [0.15, 0.2) is 18.5 Å². The monoisotopic (exact) mass is 215 g/mol. The Kier molecular flexibility index (Phi) is 2.18. The molecular formula is C11H13N5. The molecule has 0 fully saturated rings. The fraction of sp³-hybridized carbons (Fsp3) is 0.364. The lowest BCUT2D eigenvalue weighted by atomic mass is 10.1. The molecule has 0 radical (unpaired) electrons. The average molecular weight is 215 g/mol. The minimum Gasteiger partial charge on any atom is -0.312 e. The Labute approximate surface area is 93.5 Å². The van der Waals surface area contributed by atoms with Gasteiger partial charge in [0.15, 0.2) is 5.82 Å². The molecule has 0 unspecified atom stereocenters. The molecule has 2 aromatic rings. The first-order valence-electron chi connectivity index (χ1n) is 5.39. The van der Waals surface area contributed by atoms with Crippen molar-refractivity contribution in [2.75, 3.05) is 6.54 Å². The molecule has 0 bridgehead atoms. The number of hydrogen-bond donors (Lipinski definition) is 1. The van der Waals surface area contributed by atoms with Gasteiger partial charge in [-0.05, 0) is 6.07 Å². The number of hydrogen-bond acceptors (Lipinski definition) is 4. The zero-order chi connectivity index (χ0) is 11.0. The van der Waals surface area contributed by atoms with Crippen molar-refractivity contribution in [1.29, 1.82) is 0 Å². The SMILES string of the molecule is Cn1nc(-c2ncccn2)c2c1CCNC2. The molecule has 16 heavy (non-hydrogen) atoms. The van der Waals surface area contributed by atoms with E-state index in [1.807, 2.05) is 17.8 Å². The molecule has 0 saturated carbocycles. The van der Waals surface area contributed by atoms with Crippen LogP contribution in [0.4, 0.5) is 0 Å². The van der Waals surface area contributed by atoms with Crippen LogP contribution in [0, 0.1) is 0 Å². The third-order valence-corrected chi connectivity index (χ3v) is 2.89. The summed E-state index contributed by atoms with van der Waals surface area (Å²) in [4.78, 5) is 8.51. The summed E-state index contributed by atoms with van der Waals surface area (Å²) < 4.78 is 1.95.